The lowest BCUT2D eigenvalue weighted by Gasteiger charge is -2.30. The van der Waals surface area contributed by atoms with Crippen molar-refractivity contribution >= 4 is 5.91 Å². The van der Waals surface area contributed by atoms with E-state index in [1.54, 1.807) is 17.1 Å². The van der Waals surface area contributed by atoms with E-state index >= 15 is 0 Å². The molecule has 1 fully saturated rings. The van der Waals surface area contributed by atoms with Crippen molar-refractivity contribution in [3.63, 3.8) is 0 Å². The lowest BCUT2D eigenvalue weighted by molar-refractivity contribution is -0.131. The number of aromatic nitrogens is 3. The van der Waals surface area contributed by atoms with Gasteiger partial charge in [0.15, 0.2) is 0 Å². The number of hydrogen-bond acceptors (Lipinski definition) is 4. The maximum absolute atomic E-state index is 12.2. The molecule has 1 atom stereocenters. The van der Waals surface area contributed by atoms with Gasteiger partial charge in [0.2, 0.25) is 5.91 Å². The van der Waals surface area contributed by atoms with Crippen LogP contribution in [0.3, 0.4) is 0 Å². The smallest absolute Gasteiger partial charge is 0.224 e. The zero-order valence-electron chi connectivity index (χ0n) is 11.6. The van der Waals surface area contributed by atoms with Crippen molar-refractivity contribution in [1.29, 1.82) is 0 Å². The van der Waals surface area contributed by atoms with Crippen molar-refractivity contribution in [2.45, 2.75) is 45.2 Å². The number of likely N-dealkylation sites (N-methyl/N-ethyl adjacent to an activating group) is 1. The molecule has 106 valence electrons. The highest BCUT2D eigenvalue weighted by atomic mass is 16.2. The van der Waals surface area contributed by atoms with Crippen LogP contribution in [0.2, 0.25) is 0 Å². The number of nitrogens with zero attached hydrogens (tertiary/aromatic N) is 4. The normalized spacial score (nSPS) is 19.3. The summed E-state index contributed by atoms with van der Waals surface area (Å²) >= 11 is 0. The van der Waals surface area contributed by atoms with E-state index in [9.17, 15) is 4.79 Å². The minimum absolute atomic E-state index is 0.199. The van der Waals surface area contributed by atoms with Crippen molar-refractivity contribution in [3.05, 3.63) is 12.4 Å². The van der Waals surface area contributed by atoms with Gasteiger partial charge in [0.1, 0.15) is 0 Å². The number of piperidine rings is 1. The first-order valence-corrected chi connectivity index (χ1v) is 7.15. The first-order chi connectivity index (χ1) is 9.29. The third-order valence-electron chi connectivity index (χ3n) is 3.61. The minimum Gasteiger partial charge on any atom is -0.341 e. The van der Waals surface area contributed by atoms with Gasteiger partial charge in [0.05, 0.1) is 12.7 Å². The van der Waals surface area contributed by atoms with Crippen molar-refractivity contribution in [3.8, 4) is 0 Å². The highest BCUT2D eigenvalue weighted by Crippen LogP contribution is 2.09. The molecule has 0 bridgehead atoms. The third kappa shape index (κ3) is 4.31. The lowest BCUT2D eigenvalue weighted by Crippen LogP contribution is -2.45. The summed E-state index contributed by atoms with van der Waals surface area (Å²) in [6.07, 6.45) is 7.60. The maximum atomic E-state index is 12.2. The fourth-order valence-electron chi connectivity index (χ4n) is 2.47. The Balaban J connectivity index is 1.77. The van der Waals surface area contributed by atoms with Crippen molar-refractivity contribution in [2.24, 2.45) is 0 Å². The number of carbonyl (C=O) groups is 1. The van der Waals surface area contributed by atoms with E-state index in [1.807, 2.05) is 11.8 Å². The van der Waals surface area contributed by atoms with E-state index in [1.165, 1.54) is 19.3 Å². The predicted molar refractivity (Wildman–Crippen MR) is 72.5 cm³/mol. The summed E-state index contributed by atoms with van der Waals surface area (Å²) in [6, 6.07) is 0.462. The Morgan fingerprint density at radius 2 is 2.42 bits per heavy atom. The van der Waals surface area contributed by atoms with Crippen LogP contribution in [0.25, 0.3) is 0 Å². The summed E-state index contributed by atoms with van der Waals surface area (Å²) in [5.74, 6) is 0.199. The number of nitrogens with one attached hydrogen (secondary N) is 1. The van der Waals surface area contributed by atoms with E-state index in [0.717, 1.165) is 19.6 Å². The van der Waals surface area contributed by atoms with E-state index in [0.29, 0.717) is 19.0 Å². The van der Waals surface area contributed by atoms with E-state index in [2.05, 4.69) is 15.6 Å². The van der Waals surface area contributed by atoms with Gasteiger partial charge in [-0.1, -0.05) is 11.6 Å². The van der Waals surface area contributed by atoms with Crippen LogP contribution in [0.1, 0.15) is 32.6 Å². The monoisotopic (exact) mass is 265 g/mol. The Morgan fingerprint density at radius 3 is 3.05 bits per heavy atom. The molecule has 0 aliphatic carbocycles. The third-order valence-corrected chi connectivity index (χ3v) is 3.61. The summed E-state index contributed by atoms with van der Waals surface area (Å²) < 4.78 is 1.70. The Morgan fingerprint density at radius 1 is 1.53 bits per heavy atom. The fourth-order valence-corrected chi connectivity index (χ4v) is 2.47. The zero-order valence-corrected chi connectivity index (χ0v) is 11.6. The Hall–Kier alpha value is -1.43. The second kappa shape index (κ2) is 7.23. The van der Waals surface area contributed by atoms with Crippen molar-refractivity contribution in [1.82, 2.24) is 25.2 Å². The molecule has 0 radical (unpaired) electrons. The Labute approximate surface area is 114 Å². The highest BCUT2D eigenvalue weighted by Gasteiger charge is 2.19. The highest BCUT2D eigenvalue weighted by molar-refractivity contribution is 5.76. The topological polar surface area (TPSA) is 63.1 Å². The summed E-state index contributed by atoms with van der Waals surface area (Å²) in [5, 5.41) is 11.1. The molecule has 0 saturated carbocycles. The molecule has 1 aromatic heterocycles. The van der Waals surface area contributed by atoms with Gasteiger partial charge in [-0.15, -0.1) is 5.10 Å². The Kier molecular flexibility index (Phi) is 5.32. The number of hydrogen-bond donors (Lipinski definition) is 1. The molecule has 19 heavy (non-hydrogen) atoms. The molecule has 1 N–H and O–H groups in total. The maximum Gasteiger partial charge on any atom is 0.224 e. The van der Waals surface area contributed by atoms with E-state index in [-0.39, 0.29) is 5.91 Å². The van der Waals surface area contributed by atoms with Crippen LogP contribution in [0.4, 0.5) is 0 Å². The molecule has 2 rings (SSSR count). The average Bonchev–Trinajstić information content (AvgIpc) is 2.96. The summed E-state index contributed by atoms with van der Waals surface area (Å²) in [7, 11) is 0. The predicted octanol–water partition coefficient (Wildman–Crippen LogP) is 0.659. The first-order valence-electron chi connectivity index (χ1n) is 7.15. The molecule has 1 unspecified atom stereocenters. The lowest BCUT2D eigenvalue weighted by atomic mass is 10.0. The summed E-state index contributed by atoms with van der Waals surface area (Å²) in [5.41, 5.74) is 0. The molecule has 1 aliphatic heterocycles. The fraction of sp³-hybridized carbons (Fsp3) is 0.769. The SMILES string of the molecule is CCN(CC1CCCCN1)C(=O)CCn1ccnn1. The van der Waals surface area contributed by atoms with Crippen LogP contribution >= 0.6 is 0 Å². The second-order valence-electron chi connectivity index (χ2n) is 5.00. The van der Waals surface area contributed by atoms with Gasteiger partial charge < -0.3 is 10.2 Å². The molecule has 1 aliphatic rings. The molecule has 6 heteroatoms. The van der Waals surface area contributed by atoms with Crippen molar-refractivity contribution < 1.29 is 4.79 Å². The van der Waals surface area contributed by atoms with Crippen molar-refractivity contribution in [2.75, 3.05) is 19.6 Å². The average molecular weight is 265 g/mol. The molecule has 2 heterocycles. The number of aryl methyl sites for hydroxylation is 1. The van der Waals surface area contributed by atoms with Crippen LogP contribution in [0.5, 0.6) is 0 Å². The standard InChI is InChI=1S/C13H23N5O/c1-2-17(11-12-5-3-4-7-14-12)13(19)6-9-18-10-8-15-16-18/h8,10,12,14H,2-7,9,11H2,1H3. The molecule has 1 amide bonds. The van der Waals surface area contributed by atoms with Crippen LogP contribution in [0.15, 0.2) is 12.4 Å². The van der Waals surface area contributed by atoms with Gasteiger partial charge in [-0.3, -0.25) is 9.48 Å². The van der Waals surface area contributed by atoms with Gasteiger partial charge >= 0.3 is 0 Å². The van der Waals surface area contributed by atoms with E-state index in [4.69, 9.17) is 0 Å². The van der Waals surface area contributed by atoms with Gasteiger partial charge in [0.25, 0.3) is 0 Å². The largest absolute Gasteiger partial charge is 0.341 e. The van der Waals surface area contributed by atoms with Crippen LogP contribution in [0, 0.1) is 0 Å². The molecule has 0 aromatic carbocycles. The van der Waals surface area contributed by atoms with E-state index < -0.39 is 0 Å². The van der Waals surface area contributed by atoms with Crippen LogP contribution in [-0.4, -0.2) is 51.5 Å². The molecular weight excluding hydrogens is 242 g/mol. The minimum atomic E-state index is 0.199. The number of rotatable bonds is 6. The molecule has 0 spiro atoms. The first kappa shape index (κ1) is 14.0. The molecular formula is C13H23N5O. The molecule has 1 saturated heterocycles. The van der Waals surface area contributed by atoms with Gasteiger partial charge in [-0.05, 0) is 26.3 Å². The summed E-state index contributed by atoms with van der Waals surface area (Å²) in [4.78, 5) is 14.1. The van der Waals surface area contributed by atoms with Crippen LogP contribution < -0.4 is 5.32 Å². The number of carbonyl (C=O) groups excluding carboxylic acids is 1. The Bertz CT molecular complexity index is 372. The zero-order chi connectivity index (χ0) is 13.5. The second-order valence-corrected chi connectivity index (χ2v) is 5.00. The number of amides is 1. The van der Waals surface area contributed by atoms with Gasteiger partial charge in [-0.25, -0.2) is 0 Å². The van der Waals surface area contributed by atoms with Gasteiger partial charge in [-0.2, -0.15) is 0 Å². The van der Waals surface area contributed by atoms with Crippen LogP contribution in [-0.2, 0) is 11.3 Å². The van der Waals surface area contributed by atoms with Gasteiger partial charge in [0, 0.05) is 31.7 Å². The molecule has 6 nitrogen and oxygen atoms in total. The summed E-state index contributed by atoms with van der Waals surface area (Å²) in [6.45, 7) is 5.32. The molecule has 1 aromatic rings. The quantitative estimate of drug-likeness (QED) is 0.820.